The predicted molar refractivity (Wildman–Crippen MR) is 218 cm³/mol. The van der Waals surface area contributed by atoms with Gasteiger partial charge in [0.25, 0.3) is 0 Å². The molecule has 3 nitrogen and oxygen atoms in total. The van der Waals surface area contributed by atoms with Crippen molar-refractivity contribution >= 4 is 43.6 Å². The van der Waals surface area contributed by atoms with Crippen LogP contribution in [0.25, 0.3) is 94.1 Å². The quantitative estimate of drug-likeness (QED) is 0.172. The first-order chi connectivity index (χ1) is 25.5. The molecule has 1 aliphatic carbocycles. The zero-order valence-corrected chi connectivity index (χ0v) is 29.4. The van der Waals surface area contributed by atoms with Gasteiger partial charge in [-0.3, -0.25) is 0 Å². The topological polar surface area (TPSA) is 22.8 Å². The molecule has 2 aromatic heterocycles. The van der Waals surface area contributed by atoms with E-state index in [4.69, 9.17) is 4.98 Å². The van der Waals surface area contributed by atoms with Gasteiger partial charge < -0.3 is 9.13 Å². The zero-order valence-electron chi connectivity index (χ0n) is 29.4. The first kappa shape index (κ1) is 29.3. The molecule has 0 spiro atoms. The second-order valence-electron chi connectivity index (χ2n) is 14.9. The van der Waals surface area contributed by atoms with Gasteiger partial charge in [0.05, 0.1) is 22.1 Å². The highest BCUT2D eigenvalue weighted by molar-refractivity contribution is 6.26. The highest BCUT2D eigenvalue weighted by atomic mass is 15.1. The van der Waals surface area contributed by atoms with E-state index in [0.717, 1.165) is 22.4 Å². The maximum Gasteiger partial charge on any atom is 0.140 e. The van der Waals surface area contributed by atoms with Crippen molar-refractivity contribution in [2.45, 2.75) is 19.3 Å². The number of benzene rings is 8. The summed E-state index contributed by atoms with van der Waals surface area (Å²) in [5.74, 6) is 0.986. The molecule has 0 fully saturated rings. The lowest BCUT2D eigenvalue weighted by atomic mass is 9.80. The fourth-order valence-electron chi connectivity index (χ4n) is 9.10. The Labute approximate surface area is 302 Å². The predicted octanol–water partition coefficient (Wildman–Crippen LogP) is 12.6. The summed E-state index contributed by atoms with van der Waals surface area (Å²) in [4.78, 5) is 5.07. The number of imidazole rings is 1. The fourth-order valence-corrected chi connectivity index (χ4v) is 9.10. The van der Waals surface area contributed by atoms with Crippen LogP contribution in [0.5, 0.6) is 0 Å². The van der Waals surface area contributed by atoms with Gasteiger partial charge in [-0.1, -0.05) is 123 Å². The Hall–Kier alpha value is -6.45. The molecule has 246 valence electrons. The molecule has 11 rings (SSSR count). The van der Waals surface area contributed by atoms with Gasteiger partial charge >= 0.3 is 0 Å². The Bertz CT molecular complexity index is 3030. The molecule has 3 heteroatoms. The standard InChI is InChI=1S/C49H35N3/c1-49(2)40-27-32(33-20-25-43-42(29-33)50-48(51(43)3)31-11-6-4-7-12-31)18-21-37(40)38-22-19-34(28-41(38)49)36-24-26-45-47-39(36)23-17-30-13-10-16-44(46(30)47)52(45)35-14-8-5-9-15-35/h4-29H,1-3H3. The van der Waals surface area contributed by atoms with E-state index in [1.165, 1.54) is 82.8 Å². The molecule has 10 aromatic rings. The zero-order chi connectivity index (χ0) is 34.7. The molecule has 8 aromatic carbocycles. The van der Waals surface area contributed by atoms with Crippen molar-refractivity contribution < 1.29 is 0 Å². The van der Waals surface area contributed by atoms with Crippen LogP contribution in [0.4, 0.5) is 0 Å². The Morgan fingerprint density at radius 3 is 1.90 bits per heavy atom. The Morgan fingerprint density at radius 2 is 1.12 bits per heavy atom. The fraction of sp³-hybridized carbons (Fsp3) is 0.0816. The van der Waals surface area contributed by atoms with E-state index in [1.54, 1.807) is 0 Å². The lowest BCUT2D eigenvalue weighted by molar-refractivity contribution is 0.661. The molecule has 0 bridgehead atoms. The summed E-state index contributed by atoms with van der Waals surface area (Å²) in [6.07, 6.45) is 0. The summed E-state index contributed by atoms with van der Waals surface area (Å²) in [5.41, 5.74) is 17.2. The first-order valence-electron chi connectivity index (χ1n) is 18.1. The van der Waals surface area contributed by atoms with Gasteiger partial charge in [-0.15, -0.1) is 0 Å². The molecular formula is C49H35N3. The minimum atomic E-state index is -0.153. The second-order valence-corrected chi connectivity index (χ2v) is 14.9. The van der Waals surface area contributed by atoms with Gasteiger partial charge in [0, 0.05) is 34.5 Å². The van der Waals surface area contributed by atoms with Crippen LogP contribution in [0, 0.1) is 0 Å². The molecular weight excluding hydrogens is 631 g/mol. The van der Waals surface area contributed by atoms with Gasteiger partial charge in [-0.25, -0.2) is 4.98 Å². The third kappa shape index (κ3) is 3.99. The minimum absolute atomic E-state index is 0.153. The van der Waals surface area contributed by atoms with E-state index in [2.05, 4.69) is 182 Å². The monoisotopic (exact) mass is 665 g/mol. The molecule has 0 N–H and O–H groups in total. The van der Waals surface area contributed by atoms with E-state index in [0.29, 0.717) is 0 Å². The summed E-state index contributed by atoms with van der Waals surface area (Å²) in [6, 6.07) is 58.0. The van der Waals surface area contributed by atoms with Crippen LogP contribution in [0.3, 0.4) is 0 Å². The van der Waals surface area contributed by atoms with E-state index in [9.17, 15) is 0 Å². The summed E-state index contributed by atoms with van der Waals surface area (Å²) in [5, 5.41) is 5.25. The molecule has 1 aliphatic rings. The smallest absolute Gasteiger partial charge is 0.140 e. The lowest BCUT2D eigenvalue weighted by Crippen LogP contribution is -2.15. The first-order valence-corrected chi connectivity index (χ1v) is 18.1. The highest BCUT2D eigenvalue weighted by Gasteiger charge is 2.36. The van der Waals surface area contributed by atoms with Gasteiger partial charge in [-0.2, -0.15) is 0 Å². The maximum absolute atomic E-state index is 5.07. The third-order valence-electron chi connectivity index (χ3n) is 11.7. The van der Waals surface area contributed by atoms with Crippen LogP contribution in [0.15, 0.2) is 158 Å². The highest BCUT2D eigenvalue weighted by Crippen LogP contribution is 2.51. The van der Waals surface area contributed by atoms with Crippen molar-refractivity contribution in [2.75, 3.05) is 0 Å². The molecule has 0 saturated heterocycles. The summed E-state index contributed by atoms with van der Waals surface area (Å²) in [7, 11) is 2.10. The molecule has 52 heavy (non-hydrogen) atoms. The van der Waals surface area contributed by atoms with Crippen molar-refractivity contribution in [1.82, 2.24) is 14.1 Å². The van der Waals surface area contributed by atoms with Crippen LogP contribution in [-0.4, -0.2) is 14.1 Å². The Kier molecular flexibility index (Phi) is 5.94. The largest absolute Gasteiger partial charge is 0.327 e. The molecule has 0 radical (unpaired) electrons. The van der Waals surface area contributed by atoms with Crippen LogP contribution < -0.4 is 0 Å². The average Bonchev–Trinajstić information content (AvgIpc) is 3.79. The number of para-hydroxylation sites is 1. The van der Waals surface area contributed by atoms with Gasteiger partial charge in [0.15, 0.2) is 0 Å². The number of aryl methyl sites for hydroxylation is 1. The van der Waals surface area contributed by atoms with Crippen molar-refractivity contribution in [3.05, 3.63) is 169 Å². The normalized spacial score (nSPS) is 13.4. The number of hydrogen-bond donors (Lipinski definition) is 0. The van der Waals surface area contributed by atoms with Crippen LogP contribution in [0.1, 0.15) is 25.0 Å². The van der Waals surface area contributed by atoms with Crippen molar-refractivity contribution in [1.29, 1.82) is 0 Å². The molecule has 0 aliphatic heterocycles. The molecule has 0 unspecified atom stereocenters. The van der Waals surface area contributed by atoms with Crippen molar-refractivity contribution in [2.24, 2.45) is 7.05 Å². The number of nitrogens with zero attached hydrogens (tertiary/aromatic N) is 3. The Morgan fingerprint density at radius 1 is 0.481 bits per heavy atom. The van der Waals surface area contributed by atoms with Crippen LogP contribution in [0.2, 0.25) is 0 Å². The number of fused-ring (bicyclic) bond motifs is 4. The molecule has 0 saturated carbocycles. The van der Waals surface area contributed by atoms with Crippen molar-refractivity contribution in [3.8, 4) is 50.5 Å². The van der Waals surface area contributed by atoms with Crippen LogP contribution in [-0.2, 0) is 12.5 Å². The maximum atomic E-state index is 5.07. The summed E-state index contributed by atoms with van der Waals surface area (Å²) >= 11 is 0. The molecule has 0 atom stereocenters. The third-order valence-corrected chi connectivity index (χ3v) is 11.7. The number of hydrogen-bond acceptors (Lipinski definition) is 1. The second kappa shape index (κ2) is 10.5. The minimum Gasteiger partial charge on any atom is -0.327 e. The van der Waals surface area contributed by atoms with Gasteiger partial charge in [-0.05, 0) is 104 Å². The average molecular weight is 666 g/mol. The molecule has 0 amide bonds. The number of aromatic nitrogens is 3. The Balaban J connectivity index is 1.01. The van der Waals surface area contributed by atoms with Crippen LogP contribution >= 0.6 is 0 Å². The van der Waals surface area contributed by atoms with E-state index in [1.807, 2.05) is 6.07 Å². The van der Waals surface area contributed by atoms with E-state index in [-0.39, 0.29) is 5.41 Å². The summed E-state index contributed by atoms with van der Waals surface area (Å²) < 4.78 is 4.61. The van der Waals surface area contributed by atoms with Gasteiger partial charge in [0.1, 0.15) is 5.82 Å². The van der Waals surface area contributed by atoms with Gasteiger partial charge in [0.2, 0.25) is 0 Å². The number of rotatable bonds is 4. The van der Waals surface area contributed by atoms with E-state index >= 15 is 0 Å². The lowest BCUT2D eigenvalue weighted by Gasteiger charge is -2.23. The molecule has 2 heterocycles. The summed E-state index contributed by atoms with van der Waals surface area (Å²) in [6.45, 7) is 4.76. The van der Waals surface area contributed by atoms with Crippen molar-refractivity contribution in [3.63, 3.8) is 0 Å². The van der Waals surface area contributed by atoms with E-state index < -0.39 is 0 Å². The SMILES string of the molecule is Cn1c(-c2ccccc2)nc2cc(-c3ccc4c(c3)C(C)(C)c3cc(-c5ccc6c7c5ccc5cccc(c57)n6-c5ccccc5)ccc3-4)ccc21.